The SMILES string of the molecule is CC1(C)c2ccccc2-c2ccc(-c3c(-c4ccccc4)cccc3N(c3ccc4ccccc4c3)c3ccccc3-c3cccc4oc5ccccc5c34)cc21. The monoisotopic (exact) mass is 729 g/mol. The number of hydrogen-bond acceptors (Lipinski definition) is 2. The van der Waals surface area contributed by atoms with E-state index in [1.165, 1.54) is 55.3 Å². The molecule has 0 N–H and O–H groups in total. The van der Waals surface area contributed by atoms with Gasteiger partial charge in [0.25, 0.3) is 0 Å². The third-order valence-corrected chi connectivity index (χ3v) is 12.1. The Hall–Kier alpha value is -7.16. The fourth-order valence-electron chi connectivity index (χ4n) is 9.37. The molecule has 0 unspecified atom stereocenters. The molecule has 57 heavy (non-hydrogen) atoms. The van der Waals surface area contributed by atoms with Crippen molar-refractivity contribution in [2.75, 3.05) is 4.90 Å². The van der Waals surface area contributed by atoms with Gasteiger partial charge >= 0.3 is 0 Å². The van der Waals surface area contributed by atoms with Crippen LogP contribution in [0.4, 0.5) is 17.1 Å². The maximum atomic E-state index is 6.44. The second kappa shape index (κ2) is 13.0. The van der Waals surface area contributed by atoms with Crippen molar-refractivity contribution in [3.8, 4) is 44.5 Å². The van der Waals surface area contributed by atoms with E-state index in [4.69, 9.17) is 4.42 Å². The summed E-state index contributed by atoms with van der Waals surface area (Å²) in [6.45, 7) is 4.73. The lowest BCUT2D eigenvalue weighted by Gasteiger charge is -2.31. The Morgan fingerprint density at radius 2 is 1.05 bits per heavy atom. The van der Waals surface area contributed by atoms with Gasteiger partial charge in [-0.15, -0.1) is 0 Å². The Bertz CT molecular complexity index is 3170. The molecule has 0 saturated heterocycles. The van der Waals surface area contributed by atoms with Crippen LogP contribution in [0.15, 0.2) is 205 Å². The van der Waals surface area contributed by atoms with Crippen LogP contribution in [0.3, 0.4) is 0 Å². The van der Waals surface area contributed by atoms with Crippen LogP contribution in [-0.4, -0.2) is 0 Å². The Morgan fingerprint density at radius 3 is 1.95 bits per heavy atom. The molecule has 0 fully saturated rings. The van der Waals surface area contributed by atoms with Gasteiger partial charge in [-0.05, 0) is 97.7 Å². The Labute approximate surface area is 332 Å². The minimum atomic E-state index is -0.138. The van der Waals surface area contributed by atoms with Crippen LogP contribution in [0.25, 0.3) is 77.2 Å². The van der Waals surface area contributed by atoms with E-state index in [2.05, 4.69) is 213 Å². The van der Waals surface area contributed by atoms with E-state index in [1.807, 2.05) is 6.07 Å². The molecule has 1 aromatic heterocycles. The first-order valence-electron chi connectivity index (χ1n) is 19.8. The highest BCUT2D eigenvalue weighted by atomic mass is 16.3. The van der Waals surface area contributed by atoms with Crippen molar-refractivity contribution < 1.29 is 4.42 Å². The van der Waals surface area contributed by atoms with Gasteiger partial charge in [-0.25, -0.2) is 0 Å². The lowest BCUT2D eigenvalue weighted by Crippen LogP contribution is -2.15. The summed E-state index contributed by atoms with van der Waals surface area (Å²) in [5.74, 6) is 0. The Kier molecular flexibility index (Phi) is 7.55. The number of furan rings is 1. The summed E-state index contributed by atoms with van der Waals surface area (Å²) in [5, 5.41) is 4.64. The van der Waals surface area contributed by atoms with Crippen molar-refractivity contribution in [3.05, 3.63) is 211 Å². The fourth-order valence-corrected chi connectivity index (χ4v) is 9.37. The van der Waals surface area contributed by atoms with Crippen molar-refractivity contribution in [2.24, 2.45) is 0 Å². The number of nitrogens with zero attached hydrogens (tertiary/aromatic N) is 1. The van der Waals surface area contributed by atoms with Crippen LogP contribution in [-0.2, 0) is 5.41 Å². The van der Waals surface area contributed by atoms with E-state index in [-0.39, 0.29) is 5.41 Å². The van der Waals surface area contributed by atoms with E-state index in [0.717, 1.165) is 50.1 Å². The third-order valence-electron chi connectivity index (χ3n) is 12.1. The van der Waals surface area contributed by atoms with Gasteiger partial charge in [0, 0.05) is 33.0 Å². The minimum absolute atomic E-state index is 0.138. The first-order valence-corrected chi connectivity index (χ1v) is 19.8. The van der Waals surface area contributed by atoms with E-state index in [0.29, 0.717) is 0 Å². The highest BCUT2D eigenvalue weighted by Crippen LogP contribution is 2.53. The molecular weight excluding hydrogens is 691 g/mol. The van der Waals surface area contributed by atoms with Crippen molar-refractivity contribution in [2.45, 2.75) is 19.3 Å². The molecule has 0 bridgehead atoms. The topological polar surface area (TPSA) is 16.4 Å². The molecule has 0 spiro atoms. The van der Waals surface area contributed by atoms with Gasteiger partial charge in [0.1, 0.15) is 11.2 Å². The third kappa shape index (κ3) is 5.25. The molecule has 11 rings (SSSR count). The van der Waals surface area contributed by atoms with Gasteiger partial charge in [-0.2, -0.15) is 0 Å². The summed E-state index contributed by atoms with van der Waals surface area (Å²) in [4.78, 5) is 2.48. The maximum Gasteiger partial charge on any atom is 0.136 e. The number of benzene rings is 9. The van der Waals surface area contributed by atoms with Gasteiger partial charge in [-0.3, -0.25) is 0 Å². The van der Waals surface area contributed by atoms with Crippen LogP contribution >= 0.6 is 0 Å². The van der Waals surface area contributed by atoms with Crippen molar-refractivity contribution in [3.63, 3.8) is 0 Å². The molecule has 9 aromatic carbocycles. The van der Waals surface area contributed by atoms with E-state index in [1.54, 1.807) is 0 Å². The summed E-state index contributed by atoms with van der Waals surface area (Å²) in [6, 6.07) is 72.8. The molecule has 1 aliphatic carbocycles. The van der Waals surface area contributed by atoms with Gasteiger partial charge in [-0.1, -0.05) is 172 Å². The number of rotatable bonds is 6. The van der Waals surface area contributed by atoms with Gasteiger partial charge < -0.3 is 9.32 Å². The summed E-state index contributed by atoms with van der Waals surface area (Å²) < 4.78 is 6.44. The first kappa shape index (κ1) is 33.2. The number of hydrogen-bond donors (Lipinski definition) is 0. The predicted molar refractivity (Wildman–Crippen MR) is 240 cm³/mol. The smallest absolute Gasteiger partial charge is 0.136 e. The van der Waals surface area contributed by atoms with Gasteiger partial charge in [0.2, 0.25) is 0 Å². The molecule has 0 aliphatic heterocycles. The zero-order valence-corrected chi connectivity index (χ0v) is 31.9. The normalized spacial score (nSPS) is 12.9. The van der Waals surface area contributed by atoms with Crippen LogP contribution in [0, 0.1) is 0 Å². The van der Waals surface area contributed by atoms with Gasteiger partial charge in [0.05, 0.1) is 11.4 Å². The zero-order valence-electron chi connectivity index (χ0n) is 31.9. The van der Waals surface area contributed by atoms with Crippen LogP contribution < -0.4 is 4.90 Å². The zero-order chi connectivity index (χ0) is 38.1. The van der Waals surface area contributed by atoms with E-state index in [9.17, 15) is 0 Å². The molecule has 0 radical (unpaired) electrons. The van der Waals surface area contributed by atoms with E-state index >= 15 is 0 Å². The second-order valence-electron chi connectivity index (χ2n) is 15.7. The van der Waals surface area contributed by atoms with Crippen LogP contribution in [0.2, 0.25) is 0 Å². The highest BCUT2D eigenvalue weighted by Gasteiger charge is 2.36. The quantitative estimate of drug-likeness (QED) is 0.169. The summed E-state index contributed by atoms with van der Waals surface area (Å²) in [5.41, 5.74) is 17.3. The molecule has 1 heterocycles. The van der Waals surface area contributed by atoms with Crippen molar-refractivity contribution in [1.82, 2.24) is 0 Å². The van der Waals surface area contributed by atoms with Crippen molar-refractivity contribution in [1.29, 1.82) is 0 Å². The van der Waals surface area contributed by atoms with Crippen LogP contribution in [0.5, 0.6) is 0 Å². The number of fused-ring (bicyclic) bond motifs is 7. The van der Waals surface area contributed by atoms with Crippen LogP contribution in [0.1, 0.15) is 25.0 Å². The standard InChI is InChI=1S/C55H39NO/c1-55(2)47-25-11-8-20-42(47)43-33-31-39(35-48(43)55)53-41(37-17-4-3-5-18-37)23-14-27-50(53)56(40-32-30-36-16-6-7-19-38(36)34-40)49-26-12-9-21-44(49)45-24-15-29-52-54(45)46-22-10-13-28-51(46)57-52/h3-35H,1-2H3. The van der Waals surface area contributed by atoms with Gasteiger partial charge in [0.15, 0.2) is 0 Å². The highest BCUT2D eigenvalue weighted by molar-refractivity contribution is 6.14. The summed E-state index contributed by atoms with van der Waals surface area (Å²) in [6.07, 6.45) is 0. The second-order valence-corrected chi connectivity index (χ2v) is 15.7. The average Bonchev–Trinajstić information content (AvgIpc) is 3.76. The molecule has 1 aliphatic rings. The molecule has 0 atom stereocenters. The molecule has 2 heteroatoms. The lowest BCUT2D eigenvalue weighted by atomic mass is 9.81. The Balaban J connectivity index is 1.22. The molecule has 0 amide bonds. The largest absolute Gasteiger partial charge is 0.456 e. The van der Waals surface area contributed by atoms with E-state index < -0.39 is 0 Å². The molecule has 270 valence electrons. The molecule has 10 aromatic rings. The average molecular weight is 730 g/mol. The fraction of sp³-hybridized carbons (Fsp3) is 0.0545. The number of anilines is 3. The lowest BCUT2D eigenvalue weighted by molar-refractivity contribution is 0.660. The maximum absolute atomic E-state index is 6.44. The first-order chi connectivity index (χ1) is 28.0. The van der Waals surface area contributed by atoms with Crippen molar-refractivity contribution >= 4 is 49.8 Å². The molecule has 2 nitrogen and oxygen atoms in total. The molecular formula is C55H39NO. The number of para-hydroxylation sites is 2. The predicted octanol–water partition coefficient (Wildman–Crippen LogP) is 15.5. The summed E-state index contributed by atoms with van der Waals surface area (Å²) in [7, 11) is 0. The molecule has 0 saturated carbocycles. The minimum Gasteiger partial charge on any atom is -0.456 e. The Morgan fingerprint density at radius 1 is 0.404 bits per heavy atom. The summed E-state index contributed by atoms with van der Waals surface area (Å²) >= 11 is 0.